The highest BCUT2D eigenvalue weighted by Gasteiger charge is 2.07. The minimum Gasteiger partial charge on any atom is -0.389 e. The highest BCUT2D eigenvalue weighted by molar-refractivity contribution is 5.50. The van der Waals surface area contributed by atoms with Crippen LogP contribution in [0.25, 0.3) is 0 Å². The van der Waals surface area contributed by atoms with Crippen LogP contribution in [0.15, 0.2) is 36.4 Å². The Labute approximate surface area is 84.5 Å². The maximum atomic E-state index is 9.35. The Morgan fingerprint density at radius 1 is 1.14 bits per heavy atom. The Hall–Kier alpha value is -1.28. The molecule has 0 bridgehead atoms. The van der Waals surface area contributed by atoms with Gasteiger partial charge in [-0.1, -0.05) is 24.3 Å². The van der Waals surface area contributed by atoms with E-state index in [0.717, 1.165) is 18.7 Å². The van der Waals surface area contributed by atoms with E-state index in [9.17, 15) is 5.11 Å². The van der Waals surface area contributed by atoms with E-state index in [4.69, 9.17) is 0 Å². The number of rotatable bonds is 2. The highest BCUT2D eigenvalue weighted by atomic mass is 16.3. The molecule has 0 spiro atoms. The van der Waals surface area contributed by atoms with Gasteiger partial charge in [0.05, 0.1) is 6.10 Å². The molecule has 2 heteroatoms. The van der Waals surface area contributed by atoms with Crippen LogP contribution in [0.4, 0.5) is 5.69 Å². The highest BCUT2D eigenvalue weighted by Crippen LogP contribution is 2.20. The molecule has 0 fully saturated rings. The van der Waals surface area contributed by atoms with E-state index < -0.39 is 0 Å². The van der Waals surface area contributed by atoms with Crippen molar-refractivity contribution >= 4 is 5.69 Å². The third-order valence-electron chi connectivity index (χ3n) is 2.56. The zero-order valence-corrected chi connectivity index (χ0v) is 8.35. The van der Waals surface area contributed by atoms with Crippen molar-refractivity contribution < 1.29 is 5.11 Å². The molecular weight excluding hydrogens is 174 g/mol. The molecule has 1 unspecified atom stereocenters. The Kier molecular flexibility index (Phi) is 2.55. The van der Waals surface area contributed by atoms with Gasteiger partial charge in [-0.05, 0) is 24.6 Å². The lowest BCUT2D eigenvalue weighted by molar-refractivity contribution is 0.199. The van der Waals surface area contributed by atoms with Crippen LogP contribution in [0.2, 0.25) is 0 Å². The summed E-state index contributed by atoms with van der Waals surface area (Å²) in [5, 5.41) is 9.35. The average Bonchev–Trinajstić information content (AvgIpc) is 2.71. The number of hydrogen-bond donors (Lipinski definition) is 1. The third kappa shape index (κ3) is 1.80. The molecule has 0 aromatic heterocycles. The summed E-state index contributed by atoms with van der Waals surface area (Å²) in [5.41, 5.74) is 2.19. The Morgan fingerprint density at radius 2 is 1.71 bits per heavy atom. The van der Waals surface area contributed by atoms with E-state index in [-0.39, 0.29) is 6.10 Å². The smallest absolute Gasteiger partial charge is 0.0761 e. The van der Waals surface area contributed by atoms with Gasteiger partial charge in [-0.15, -0.1) is 0 Å². The van der Waals surface area contributed by atoms with Gasteiger partial charge in [-0.2, -0.15) is 0 Å². The van der Waals surface area contributed by atoms with Gasteiger partial charge < -0.3 is 10.0 Å². The molecule has 2 rings (SSSR count). The summed E-state index contributed by atoms with van der Waals surface area (Å²) in [7, 11) is 0. The second-order valence-electron chi connectivity index (χ2n) is 3.64. The SMILES string of the molecule is CC(O)c1ccc(N2CC=CC2)cc1. The first-order valence-corrected chi connectivity index (χ1v) is 4.95. The fourth-order valence-corrected chi connectivity index (χ4v) is 1.65. The summed E-state index contributed by atoms with van der Waals surface area (Å²) in [6.07, 6.45) is 3.96. The molecule has 1 aliphatic heterocycles. The molecule has 14 heavy (non-hydrogen) atoms. The van der Waals surface area contributed by atoms with E-state index in [1.807, 2.05) is 12.1 Å². The standard InChI is InChI=1S/C12H15NO/c1-10(14)11-4-6-12(7-5-11)13-8-2-3-9-13/h2-7,10,14H,8-9H2,1H3. The van der Waals surface area contributed by atoms with Crippen LogP contribution < -0.4 is 4.90 Å². The molecule has 0 saturated carbocycles. The van der Waals surface area contributed by atoms with Crippen LogP contribution in [0.1, 0.15) is 18.6 Å². The molecule has 1 N–H and O–H groups in total. The van der Waals surface area contributed by atoms with E-state index in [0.29, 0.717) is 0 Å². The van der Waals surface area contributed by atoms with E-state index in [1.54, 1.807) is 6.92 Å². The molecular formula is C12H15NO. The molecule has 0 aliphatic carbocycles. The lowest BCUT2D eigenvalue weighted by Crippen LogP contribution is -2.18. The molecule has 1 atom stereocenters. The quantitative estimate of drug-likeness (QED) is 0.720. The first-order chi connectivity index (χ1) is 6.77. The van der Waals surface area contributed by atoms with Crippen LogP contribution in [0.5, 0.6) is 0 Å². The number of hydrogen-bond acceptors (Lipinski definition) is 2. The molecule has 0 radical (unpaired) electrons. The summed E-state index contributed by atoms with van der Waals surface area (Å²) in [6.45, 7) is 3.77. The lowest BCUT2D eigenvalue weighted by atomic mass is 10.1. The molecule has 0 saturated heterocycles. The zero-order valence-electron chi connectivity index (χ0n) is 8.35. The number of anilines is 1. The van der Waals surface area contributed by atoms with Crippen LogP contribution in [-0.2, 0) is 0 Å². The Bertz CT molecular complexity index is 319. The first kappa shape index (κ1) is 9.28. The van der Waals surface area contributed by atoms with Gasteiger partial charge in [-0.25, -0.2) is 0 Å². The van der Waals surface area contributed by atoms with Gasteiger partial charge in [0.15, 0.2) is 0 Å². The Balaban J connectivity index is 2.13. The van der Waals surface area contributed by atoms with Crippen molar-refractivity contribution in [2.75, 3.05) is 18.0 Å². The van der Waals surface area contributed by atoms with Crippen LogP contribution >= 0.6 is 0 Å². The molecule has 1 aliphatic rings. The normalized spacial score (nSPS) is 17.4. The largest absolute Gasteiger partial charge is 0.389 e. The van der Waals surface area contributed by atoms with Crippen molar-refractivity contribution in [3.63, 3.8) is 0 Å². The fraction of sp³-hybridized carbons (Fsp3) is 0.333. The Morgan fingerprint density at radius 3 is 2.21 bits per heavy atom. The number of aliphatic hydroxyl groups excluding tert-OH is 1. The maximum absolute atomic E-state index is 9.35. The summed E-state index contributed by atoms with van der Waals surface area (Å²) in [4.78, 5) is 2.28. The lowest BCUT2D eigenvalue weighted by Gasteiger charge is -2.18. The summed E-state index contributed by atoms with van der Waals surface area (Å²) in [5.74, 6) is 0. The van der Waals surface area contributed by atoms with Crippen LogP contribution in [-0.4, -0.2) is 18.2 Å². The summed E-state index contributed by atoms with van der Waals surface area (Å²) >= 11 is 0. The molecule has 74 valence electrons. The molecule has 1 aromatic carbocycles. The van der Waals surface area contributed by atoms with Gasteiger partial charge in [-0.3, -0.25) is 0 Å². The minimum atomic E-state index is -0.374. The molecule has 2 nitrogen and oxygen atoms in total. The summed E-state index contributed by atoms with van der Waals surface area (Å²) in [6, 6.07) is 8.10. The minimum absolute atomic E-state index is 0.374. The number of aliphatic hydroxyl groups is 1. The van der Waals surface area contributed by atoms with Crippen molar-refractivity contribution in [1.82, 2.24) is 0 Å². The predicted octanol–water partition coefficient (Wildman–Crippen LogP) is 2.12. The van der Waals surface area contributed by atoms with Crippen molar-refractivity contribution in [3.8, 4) is 0 Å². The molecule has 1 aromatic rings. The van der Waals surface area contributed by atoms with Crippen LogP contribution in [0, 0.1) is 0 Å². The van der Waals surface area contributed by atoms with Crippen molar-refractivity contribution in [3.05, 3.63) is 42.0 Å². The van der Waals surface area contributed by atoms with Gasteiger partial charge in [0, 0.05) is 18.8 Å². The van der Waals surface area contributed by atoms with Crippen molar-refractivity contribution in [2.45, 2.75) is 13.0 Å². The average molecular weight is 189 g/mol. The van der Waals surface area contributed by atoms with Gasteiger partial charge in [0.2, 0.25) is 0 Å². The van der Waals surface area contributed by atoms with E-state index in [1.165, 1.54) is 5.69 Å². The van der Waals surface area contributed by atoms with Gasteiger partial charge in [0.25, 0.3) is 0 Å². The van der Waals surface area contributed by atoms with Crippen molar-refractivity contribution in [1.29, 1.82) is 0 Å². The molecule has 0 amide bonds. The fourth-order valence-electron chi connectivity index (χ4n) is 1.65. The third-order valence-corrected chi connectivity index (χ3v) is 2.56. The summed E-state index contributed by atoms with van der Waals surface area (Å²) < 4.78 is 0. The second kappa shape index (κ2) is 3.84. The number of nitrogens with zero attached hydrogens (tertiary/aromatic N) is 1. The topological polar surface area (TPSA) is 23.5 Å². The second-order valence-corrected chi connectivity index (χ2v) is 3.64. The number of benzene rings is 1. The first-order valence-electron chi connectivity index (χ1n) is 4.95. The van der Waals surface area contributed by atoms with E-state index in [2.05, 4.69) is 29.2 Å². The van der Waals surface area contributed by atoms with Crippen LogP contribution in [0.3, 0.4) is 0 Å². The zero-order chi connectivity index (χ0) is 9.97. The van der Waals surface area contributed by atoms with E-state index >= 15 is 0 Å². The van der Waals surface area contributed by atoms with Gasteiger partial charge in [0.1, 0.15) is 0 Å². The molecule has 1 heterocycles. The van der Waals surface area contributed by atoms with Crippen molar-refractivity contribution in [2.24, 2.45) is 0 Å². The predicted molar refractivity (Wildman–Crippen MR) is 58.4 cm³/mol. The maximum Gasteiger partial charge on any atom is 0.0761 e. The monoisotopic (exact) mass is 189 g/mol. The van der Waals surface area contributed by atoms with Gasteiger partial charge >= 0.3 is 0 Å².